The standard InChI is InChI=1S/C7H5F4NO2S/c8-5-3(7(10)11)1-2-4(6(5)9)15(12,13)14/h1-2,7H,(H2,12,13,14). The molecule has 0 saturated carbocycles. The Morgan fingerprint density at radius 1 is 1.13 bits per heavy atom. The van der Waals surface area contributed by atoms with Gasteiger partial charge in [-0.15, -0.1) is 0 Å². The van der Waals surface area contributed by atoms with E-state index in [1.807, 2.05) is 0 Å². The molecular weight excluding hydrogens is 238 g/mol. The Balaban J connectivity index is 3.48. The SMILES string of the molecule is NS(=O)(=O)c1ccc(C(F)F)c(F)c1F. The first kappa shape index (κ1) is 11.9. The van der Waals surface area contributed by atoms with Crippen LogP contribution in [0, 0.1) is 11.6 Å². The average molecular weight is 243 g/mol. The van der Waals surface area contributed by atoms with Crippen molar-refractivity contribution >= 4 is 10.0 Å². The van der Waals surface area contributed by atoms with Crippen LogP contribution in [0.2, 0.25) is 0 Å². The van der Waals surface area contributed by atoms with E-state index < -0.39 is 38.5 Å². The van der Waals surface area contributed by atoms with Crippen molar-refractivity contribution in [2.24, 2.45) is 5.14 Å². The maximum absolute atomic E-state index is 13.0. The van der Waals surface area contributed by atoms with E-state index in [0.717, 1.165) is 0 Å². The Labute approximate surface area is 82.6 Å². The van der Waals surface area contributed by atoms with E-state index in [2.05, 4.69) is 5.14 Å². The van der Waals surface area contributed by atoms with Crippen molar-refractivity contribution in [1.29, 1.82) is 0 Å². The second-order valence-corrected chi connectivity index (χ2v) is 4.16. The van der Waals surface area contributed by atoms with Gasteiger partial charge in [-0.3, -0.25) is 0 Å². The molecule has 0 aliphatic carbocycles. The molecule has 8 heteroatoms. The molecule has 0 spiro atoms. The fourth-order valence-electron chi connectivity index (χ4n) is 0.935. The van der Waals surface area contributed by atoms with Crippen LogP contribution in [-0.4, -0.2) is 8.42 Å². The summed E-state index contributed by atoms with van der Waals surface area (Å²) in [5.41, 5.74) is -1.21. The monoisotopic (exact) mass is 243 g/mol. The van der Waals surface area contributed by atoms with Crippen molar-refractivity contribution in [3.8, 4) is 0 Å². The van der Waals surface area contributed by atoms with E-state index in [1.54, 1.807) is 0 Å². The first-order valence-corrected chi connectivity index (χ1v) is 5.08. The van der Waals surface area contributed by atoms with Gasteiger partial charge in [-0.05, 0) is 12.1 Å². The van der Waals surface area contributed by atoms with Crippen LogP contribution in [0.5, 0.6) is 0 Å². The summed E-state index contributed by atoms with van der Waals surface area (Å²) in [6, 6.07) is 0.970. The minimum absolute atomic E-state index is 0.475. The van der Waals surface area contributed by atoms with E-state index in [9.17, 15) is 26.0 Å². The van der Waals surface area contributed by atoms with Crippen LogP contribution in [0.25, 0.3) is 0 Å². The fourth-order valence-corrected chi connectivity index (χ4v) is 1.53. The number of rotatable bonds is 2. The van der Waals surface area contributed by atoms with Gasteiger partial charge >= 0.3 is 0 Å². The number of hydrogen-bond acceptors (Lipinski definition) is 2. The van der Waals surface area contributed by atoms with Crippen LogP contribution >= 0.6 is 0 Å². The molecule has 0 radical (unpaired) electrons. The van der Waals surface area contributed by atoms with Gasteiger partial charge in [-0.1, -0.05) is 0 Å². The lowest BCUT2D eigenvalue weighted by molar-refractivity contribution is 0.144. The molecule has 0 fully saturated rings. The molecule has 0 saturated heterocycles. The molecule has 0 unspecified atom stereocenters. The zero-order valence-corrected chi connectivity index (χ0v) is 7.86. The summed E-state index contributed by atoms with van der Waals surface area (Å²) in [6.45, 7) is 0. The number of alkyl halides is 2. The van der Waals surface area contributed by atoms with E-state index >= 15 is 0 Å². The molecule has 3 nitrogen and oxygen atoms in total. The Morgan fingerprint density at radius 2 is 1.67 bits per heavy atom. The van der Waals surface area contributed by atoms with Crippen LogP contribution < -0.4 is 5.14 Å². The highest BCUT2D eigenvalue weighted by atomic mass is 32.2. The highest BCUT2D eigenvalue weighted by Gasteiger charge is 2.23. The summed E-state index contributed by atoms with van der Waals surface area (Å²) < 4.78 is 71.3. The number of hydrogen-bond donors (Lipinski definition) is 1. The van der Waals surface area contributed by atoms with E-state index in [1.165, 1.54) is 0 Å². The van der Waals surface area contributed by atoms with Gasteiger partial charge in [0.2, 0.25) is 10.0 Å². The van der Waals surface area contributed by atoms with Crippen LogP contribution in [0.3, 0.4) is 0 Å². The first-order valence-electron chi connectivity index (χ1n) is 3.54. The summed E-state index contributed by atoms with van der Waals surface area (Å²) >= 11 is 0. The molecule has 0 amide bonds. The van der Waals surface area contributed by atoms with Gasteiger partial charge in [0.15, 0.2) is 11.6 Å². The second kappa shape index (κ2) is 3.78. The number of halogens is 4. The third kappa shape index (κ3) is 2.26. The Hall–Kier alpha value is -1.15. The largest absolute Gasteiger partial charge is 0.266 e. The maximum atomic E-state index is 13.0. The fraction of sp³-hybridized carbons (Fsp3) is 0.143. The van der Waals surface area contributed by atoms with Gasteiger partial charge in [0.05, 0.1) is 5.56 Å². The molecule has 0 aliphatic heterocycles. The number of benzene rings is 1. The van der Waals surface area contributed by atoms with Crippen molar-refractivity contribution in [2.45, 2.75) is 11.3 Å². The normalized spacial score (nSPS) is 12.1. The molecule has 2 N–H and O–H groups in total. The minimum Gasteiger partial charge on any atom is -0.225 e. The number of nitrogens with two attached hydrogens (primary N) is 1. The van der Waals surface area contributed by atoms with Gasteiger partial charge in [0.1, 0.15) is 4.90 Å². The zero-order valence-electron chi connectivity index (χ0n) is 7.05. The van der Waals surface area contributed by atoms with E-state index in [-0.39, 0.29) is 0 Å². The van der Waals surface area contributed by atoms with Gasteiger partial charge in [-0.25, -0.2) is 31.1 Å². The van der Waals surface area contributed by atoms with Gasteiger partial charge in [0, 0.05) is 0 Å². The van der Waals surface area contributed by atoms with Crippen molar-refractivity contribution in [3.63, 3.8) is 0 Å². The van der Waals surface area contributed by atoms with Gasteiger partial charge < -0.3 is 0 Å². The Morgan fingerprint density at radius 3 is 2.07 bits per heavy atom. The smallest absolute Gasteiger partial charge is 0.225 e. The van der Waals surface area contributed by atoms with Crippen molar-refractivity contribution in [1.82, 2.24) is 0 Å². The summed E-state index contributed by atoms with van der Waals surface area (Å²) in [7, 11) is -4.46. The molecule has 15 heavy (non-hydrogen) atoms. The van der Waals surface area contributed by atoms with E-state index in [0.29, 0.717) is 12.1 Å². The molecule has 0 atom stereocenters. The molecule has 0 aromatic heterocycles. The molecule has 0 bridgehead atoms. The lowest BCUT2D eigenvalue weighted by Gasteiger charge is -2.05. The number of primary sulfonamides is 1. The molecule has 1 aromatic carbocycles. The lowest BCUT2D eigenvalue weighted by Crippen LogP contribution is -2.15. The number of sulfonamides is 1. The summed E-state index contributed by atoms with van der Waals surface area (Å²) in [6.07, 6.45) is -3.23. The predicted octanol–water partition coefficient (Wildman–Crippen LogP) is 1.55. The first-order chi connectivity index (χ1) is 6.75. The molecule has 84 valence electrons. The molecule has 1 aromatic rings. The third-order valence-electron chi connectivity index (χ3n) is 1.62. The van der Waals surface area contributed by atoms with Crippen LogP contribution in [0.15, 0.2) is 17.0 Å². The Bertz CT molecular complexity index is 486. The summed E-state index contributed by atoms with van der Waals surface area (Å²) in [5, 5.41) is 4.53. The van der Waals surface area contributed by atoms with Crippen molar-refractivity contribution in [2.75, 3.05) is 0 Å². The molecule has 0 heterocycles. The lowest BCUT2D eigenvalue weighted by atomic mass is 10.2. The molecular formula is C7H5F4NO2S. The zero-order chi connectivity index (χ0) is 11.8. The third-order valence-corrected chi connectivity index (χ3v) is 2.55. The predicted molar refractivity (Wildman–Crippen MR) is 42.7 cm³/mol. The van der Waals surface area contributed by atoms with Crippen LogP contribution in [-0.2, 0) is 10.0 Å². The molecule has 0 aliphatic rings. The topological polar surface area (TPSA) is 60.2 Å². The summed E-state index contributed by atoms with van der Waals surface area (Å²) in [4.78, 5) is -1.15. The van der Waals surface area contributed by atoms with Gasteiger partial charge in [-0.2, -0.15) is 0 Å². The van der Waals surface area contributed by atoms with E-state index in [4.69, 9.17) is 0 Å². The quantitative estimate of drug-likeness (QED) is 0.801. The van der Waals surface area contributed by atoms with Crippen molar-refractivity contribution < 1.29 is 26.0 Å². The van der Waals surface area contributed by atoms with Crippen molar-refractivity contribution in [3.05, 3.63) is 29.3 Å². The second-order valence-electron chi connectivity index (χ2n) is 2.63. The Kier molecular flexibility index (Phi) is 3.00. The highest BCUT2D eigenvalue weighted by molar-refractivity contribution is 7.89. The van der Waals surface area contributed by atoms with Gasteiger partial charge in [0.25, 0.3) is 6.43 Å². The summed E-state index contributed by atoms with van der Waals surface area (Å²) in [5.74, 6) is -3.80. The minimum atomic E-state index is -4.46. The maximum Gasteiger partial charge on any atom is 0.266 e. The van der Waals surface area contributed by atoms with Crippen LogP contribution in [0.4, 0.5) is 17.6 Å². The average Bonchev–Trinajstić information content (AvgIpc) is 2.06. The van der Waals surface area contributed by atoms with Crippen LogP contribution in [0.1, 0.15) is 12.0 Å². The highest BCUT2D eigenvalue weighted by Crippen LogP contribution is 2.26. The molecule has 1 rings (SSSR count).